The second-order valence-corrected chi connectivity index (χ2v) is 13.3. The average molecular weight is 672 g/mol. The van der Waals surface area contributed by atoms with Gasteiger partial charge in [-0.1, -0.05) is 47.0 Å². The molecule has 0 spiro atoms. The molecule has 0 radical (unpaired) electrons. The molecule has 1 saturated carbocycles. The van der Waals surface area contributed by atoms with Crippen molar-refractivity contribution in [2.75, 3.05) is 33.0 Å². The lowest BCUT2D eigenvalue weighted by atomic mass is 9.81. The van der Waals surface area contributed by atoms with Gasteiger partial charge >= 0.3 is 11.8 Å². The summed E-state index contributed by atoms with van der Waals surface area (Å²) in [5, 5.41) is 8.91. The standard InChI is InChI=1S/C24H30ClN7O4S.C8H10.H2O/c1-31(2)24(36)13-4-6-15(27-20(33)21(34)30-19-7-5-14(25)11-26-19)17(10-13)28-22(35)23-29-16-8-9-32(3)12-18(16)37-23;1-7-3-5-8(2)6-4-7;/h5,7,11,13,15,17H,4,6,8-10,12H2,1-3H3,(H,27,33)(H,28,35)(H,26,30,34);3-6H,1-2H3;1H2/t13-,15-,17+;;/m0../s1. The minimum absolute atomic E-state index is 0. The maximum absolute atomic E-state index is 13.2. The zero-order valence-corrected chi connectivity index (χ0v) is 28.3. The van der Waals surface area contributed by atoms with Gasteiger partial charge in [-0.15, -0.1) is 11.3 Å². The van der Waals surface area contributed by atoms with Crippen molar-refractivity contribution in [2.24, 2.45) is 5.92 Å². The van der Waals surface area contributed by atoms with Gasteiger partial charge < -0.3 is 31.2 Å². The second kappa shape index (κ2) is 16.6. The molecule has 14 heteroatoms. The molecule has 0 unspecified atom stereocenters. The molecule has 0 bridgehead atoms. The van der Waals surface area contributed by atoms with Gasteiger partial charge in [0, 0.05) is 56.6 Å². The van der Waals surface area contributed by atoms with Crippen molar-refractivity contribution in [3.05, 3.63) is 74.3 Å². The van der Waals surface area contributed by atoms with E-state index < -0.39 is 23.9 Å². The fourth-order valence-corrected chi connectivity index (χ4v) is 6.44. The first kappa shape index (κ1) is 36.6. The summed E-state index contributed by atoms with van der Waals surface area (Å²) in [6.07, 6.45) is 3.42. The third kappa shape index (κ3) is 10.0. The van der Waals surface area contributed by atoms with Crippen LogP contribution in [0.25, 0.3) is 0 Å². The Kier molecular flexibility index (Phi) is 13.2. The van der Waals surface area contributed by atoms with E-state index in [1.54, 1.807) is 20.2 Å². The SMILES string of the molecule is CN1CCc2nc(C(=O)N[C@@H]3C[C@@H](C(=O)N(C)C)CC[C@@H]3NC(=O)C(=O)Nc3ccc(Cl)cn3)sc2C1.Cc1ccc(C)cc1.O. The van der Waals surface area contributed by atoms with E-state index in [-0.39, 0.29) is 29.0 Å². The molecule has 3 aromatic rings. The Hall–Kier alpha value is -3.91. The zero-order valence-electron chi connectivity index (χ0n) is 26.7. The molecule has 12 nitrogen and oxygen atoms in total. The van der Waals surface area contributed by atoms with Crippen LogP contribution in [0.4, 0.5) is 5.82 Å². The highest BCUT2D eigenvalue weighted by atomic mass is 35.5. The molecular formula is C32H42ClN7O5S. The number of thiazole rings is 1. The Bertz CT molecular complexity index is 1490. The highest BCUT2D eigenvalue weighted by molar-refractivity contribution is 7.13. The van der Waals surface area contributed by atoms with Crippen LogP contribution in [0.5, 0.6) is 0 Å². The first-order valence-corrected chi connectivity index (χ1v) is 16.0. The van der Waals surface area contributed by atoms with E-state index in [1.807, 2.05) is 7.05 Å². The number of likely N-dealkylation sites (N-methyl/N-ethyl adjacent to an activating group) is 1. The minimum atomic E-state index is -0.886. The number of carbonyl (C=O) groups excluding carboxylic acids is 4. The van der Waals surface area contributed by atoms with Crippen molar-refractivity contribution in [1.29, 1.82) is 0 Å². The predicted octanol–water partition coefficient (Wildman–Crippen LogP) is 2.77. The second-order valence-electron chi connectivity index (χ2n) is 11.7. The first-order chi connectivity index (χ1) is 21.4. The number of hydrogen-bond donors (Lipinski definition) is 3. The Balaban J connectivity index is 0.000000559. The van der Waals surface area contributed by atoms with Gasteiger partial charge in [0.05, 0.1) is 16.8 Å². The molecule has 46 heavy (non-hydrogen) atoms. The smallest absolute Gasteiger partial charge is 0.314 e. The summed E-state index contributed by atoms with van der Waals surface area (Å²) in [5.41, 5.74) is 3.60. The largest absolute Gasteiger partial charge is 0.412 e. The van der Waals surface area contributed by atoms with E-state index in [0.717, 1.165) is 30.1 Å². The number of aromatic nitrogens is 2. The van der Waals surface area contributed by atoms with E-state index in [4.69, 9.17) is 11.6 Å². The molecule has 1 fully saturated rings. The van der Waals surface area contributed by atoms with Crippen LogP contribution < -0.4 is 16.0 Å². The molecule has 1 aliphatic heterocycles. The summed E-state index contributed by atoms with van der Waals surface area (Å²) in [7, 11) is 5.41. The normalized spacial score (nSPS) is 18.9. The minimum Gasteiger partial charge on any atom is -0.412 e. The number of amides is 4. The number of nitrogens with zero attached hydrogens (tertiary/aromatic N) is 4. The monoisotopic (exact) mass is 671 g/mol. The average Bonchev–Trinajstić information content (AvgIpc) is 3.44. The third-order valence-corrected chi connectivity index (χ3v) is 9.09. The molecule has 5 N–H and O–H groups in total. The third-order valence-electron chi connectivity index (χ3n) is 7.78. The van der Waals surface area contributed by atoms with Crippen LogP contribution in [0.15, 0.2) is 42.6 Å². The molecular weight excluding hydrogens is 630 g/mol. The van der Waals surface area contributed by atoms with Gasteiger partial charge in [-0.05, 0) is 52.3 Å². The van der Waals surface area contributed by atoms with Crippen molar-refractivity contribution in [2.45, 2.75) is 58.2 Å². The van der Waals surface area contributed by atoms with Gasteiger partial charge in [-0.3, -0.25) is 19.2 Å². The number of fused-ring (bicyclic) bond motifs is 1. The molecule has 248 valence electrons. The van der Waals surface area contributed by atoms with Crippen LogP contribution in [-0.4, -0.2) is 88.6 Å². The van der Waals surface area contributed by atoms with Crippen LogP contribution in [0, 0.1) is 19.8 Å². The molecule has 2 aromatic heterocycles. The lowest BCUT2D eigenvalue weighted by molar-refractivity contribution is -0.137. The number of nitrogens with one attached hydrogen (secondary N) is 3. The topological polar surface area (TPSA) is 168 Å². The van der Waals surface area contributed by atoms with Crippen LogP contribution in [-0.2, 0) is 27.3 Å². The summed E-state index contributed by atoms with van der Waals surface area (Å²) >= 11 is 7.17. The van der Waals surface area contributed by atoms with Crippen LogP contribution in [0.2, 0.25) is 5.02 Å². The summed E-state index contributed by atoms with van der Waals surface area (Å²) in [5.74, 6) is -2.25. The molecule has 3 atom stereocenters. The van der Waals surface area contributed by atoms with Gasteiger partial charge in [0.25, 0.3) is 5.91 Å². The Morgan fingerprint density at radius 3 is 2.24 bits per heavy atom. The maximum atomic E-state index is 13.2. The van der Waals surface area contributed by atoms with Crippen LogP contribution in [0.3, 0.4) is 0 Å². The van der Waals surface area contributed by atoms with E-state index in [1.165, 1.54) is 39.6 Å². The number of carbonyl (C=O) groups is 4. The van der Waals surface area contributed by atoms with Gasteiger partial charge in [0.2, 0.25) is 5.91 Å². The molecule has 0 saturated heterocycles. The van der Waals surface area contributed by atoms with Gasteiger partial charge in [-0.2, -0.15) is 0 Å². The molecule has 1 aromatic carbocycles. The number of pyridine rings is 1. The van der Waals surface area contributed by atoms with Crippen molar-refractivity contribution < 1.29 is 24.7 Å². The fraction of sp³-hybridized carbons (Fsp3) is 0.438. The van der Waals surface area contributed by atoms with Gasteiger partial charge in [0.15, 0.2) is 5.01 Å². The van der Waals surface area contributed by atoms with E-state index in [9.17, 15) is 19.2 Å². The molecule has 1 aliphatic carbocycles. The van der Waals surface area contributed by atoms with Crippen LogP contribution in [0.1, 0.15) is 50.8 Å². The van der Waals surface area contributed by atoms with Gasteiger partial charge in [0.1, 0.15) is 5.82 Å². The van der Waals surface area contributed by atoms with E-state index in [2.05, 4.69) is 68.9 Å². The van der Waals surface area contributed by atoms with E-state index >= 15 is 0 Å². The van der Waals surface area contributed by atoms with Crippen molar-refractivity contribution in [3.8, 4) is 0 Å². The number of benzene rings is 1. The highest BCUT2D eigenvalue weighted by Crippen LogP contribution is 2.28. The summed E-state index contributed by atoms with van der Waals surface area (Å²) in [6, 6.07) is 10.4. The Morgan fingerprint density at radius 1 is 0.957 bits per heavy atom. The summed E-state index contributed by atoms with van der Waals surface area (Å²) in [4.78, 5) is 64.3. The summed E-state index contributed by atoms with van der Waals surface area (Å²) < 4.78 is 0. The molecule has 5 rings (SSSR count). The molecule has 3 heterocycles. The maximum Gasteiger partial charge on any atom is 0.314 e. The Morgan fingerprint density at radius 2 is 1.63 bits per heavy atom. The molecule has 4 amide bonds. The van der Waals surface area contributed by atoms with Crippen LogP contribution >= 0.6 is 22.9 Å². The highest BCUT2D eigenvalue weighted by Gasteiger charge is 2.37. The lowest BCUT2D eigenvalue weighted by Gasteiger charge is -2.37. The number of anilines is 1. The van der Waals surface area contributed by atoms with Crippen molar-refractivity contribution in [1.82, 2.24) is 30.4 Å². The predicted molar refractivity (Wildman–Crippen MR) is 179 cm³/mol. The van der Waals surface area contributed by atoms with Crippen molar-refractivity contribution in [3.63, 3.8) is 0 Å². The zero-order chi connectivity index (χ0) is 32.7. The van der Waals surface area contributed by atoms with E-state index in [0.29, 0.717) is 29.3 Å². The number of rotatable bonds is 5. The Labute approximate surface area is 278 Å². The van der Waals surface area contributed by atoms with Gasteiger partial charge in [-0.25, -0.2) is 9.97 Å². The fourth-order valence-electron chi connectivity index (χ4n) is 5.24. The van der Waals surface area contributed by atoms with Crippen molar-refractivity contribution >= 4 is 52.4 Å². The number of halogens is 1. The number of hydrogen-bond acceptors (Lipinski definition) is 8. The number of aryl methyl sites for hydroxylation is 2. The first-order valence-electron chi connectivity index (χ1n) is 14.9. The molecule has 2 aliphatic rings. The quantitative estimate of drug-likeness (QED) is 0.351. The summed E-state index contributed by atoms with van der Waals surface area (Å²) in [6.45, 7) is 5.83. The lowest BCUT2D eigenvalue weighted by Crippen LogP contribution is -2.57.